The highest BCUT2D eigenvalue weighted by Crippen LogP contribution is 2.56. The van der Waals surface area contributed by atoms with Gasteiger partial charge in [-0.05, 0) is 91.1 Å². The van der Waals surface area contributed by atoms with Crippen molar-refractivity contribution < 1.29 is 14.0 Å². The first-order chi connectivity index (χ1) is 23.5. The lowest BCUT2D eigenvalue weighted by atomic mass is 9.84. The molecule has 5 nitrogen and oxygen atoms in total. The Balaban J connectivity index is 1.26. The molecule has 3 aliphatic heterocycles. The zero-order valence-corrected chi connectivity index (χ0v) is 27.2. The summed E-state index contributed by atoms with van der Waals surface area (Å²) in [6, 6.07) is 42.0. The van der Waals surface area contributed by atoms with Crippen LogP contribution in [0.5, 0.6) is 11.5 Å². The number of hydrogen-bond donors (Lipinski definition) is 0. The van der Waals surface area contributed by atoms with Gasteiger partial charge in [-0.15, -0.1) is 4.68 Å². The second-order valence-electron chi connectivity index (χ2n) is 13.6. The lowest BCUT2D eigenvalue weighted by Crippen LogP contribution is -2.77. The molecule has 0 radical (unpaired) electrons. The van der Waals surface area contributed by atoms with Crippen molar-refractivity contribution in [3.05, 3.63) is 155 Å². The molecule has 0 amide bonds. The summed E-state index contributed by atoms with van der Waals surface area (Å²) in [7, 11) is 0. The number of aryl methyl sites for hydroxylation is 2. The Morgan fingerprint density at radius 1 is 0.604 bits per heavy atom. The van der Waals surface area contributed by atoms with Crippen molar-refractivity contribution in [2.75, 3.05) is 0 Å². The lowest BCUT2D eigenvalue weighted by Gasteiger charge is -2.33. The Hall–Kier alpha value is -5.94. The fourth-order valence-electron chi connectivity index (χ4n) is 9.46. The van der Waals surface area contributed by atoms with Crippen LogP contribution >= 0.6 is 0 Å². The van der Waals surface area contributed by atoms with Gasteiger partial charge < -0.3 is 4.74 Å². The summed E-state index contributed by atoms with van der Waals surface area (Å²) >= 11 is 0. The van der Waals surface area contributed by atoms with Gasteiger partial charge in [-0.2, -0.15) is 9.13 Å². The fourth-order valence-corrected chi connectivity index (χ4v) is 9.46. The molecule has 0 fully saturated rings. The summed E-state index contributed by atoms with van der Waals surface area (Å²) in [6.45, 7) is 8.96. The van der Waals surface area contributed by atoms with E-state index in [0.29, 0.717) is 0 Å². The average Bonchev–Trinajstić information content (AvgIpc) is 3.70. The summed E-state index contributed by atoms with van der Waals surface area (Å²) in [5.74, 6) is 2.94. The molecule has 0 saturated carbocycles. The molecule has 6 heterocycles. The maximum atomic E-state index is 6.86. The van der Waals surface area contributed by atoms with E-state index in [2.05, 4.69) is 168 Å². The highest BCUT2D eigenvalue weighted by molar-refractivity contribution is 6.11. The molecular weight excluding hydrogens is 589 g/mol. The van der Waals surface area contributed by atoms with Crippen molar-refractivity contribution in [2.45, 2.75) is 33.4 Å². The Morgan fingerprint density at radius 3 is 2.12 bits per heavy atom. The SMILES string of the molecule is Cc1cccc(C)c1-c1ccc(-c2c(C)n3[n+](c2C)C24c5c(cccc5-3)Oc3ccc5c6ccccc6n(c5c32)-c2cccc[n+]24)cc1. The number of rotatable bonds is 2. The molecule has 0 aliphatic carbocycles. The molecule has 1 spiro atoms. The topological polar surface area (TPSA) is 26.8 Å². The van der Waals surface area contributed by atoms with E-state index in [1.165, 1.54) is 77.7 Å². The number of fused-ring (bicyclic) bond motifs is 7. The van der Waals surface area contributed by atoms with Crippen LogP contribution in [0.2, 0.25) is 0 Å². The molecule has 48 heavy (non-hydrogen) atoms. The van der Waals surface area contributed by atoms with E-state index < -0.39 is 5.66 Å². The molecule has 0 bridgehead atoms. The predicted molar refractivity (Wildman–Crippen MR) is 188 cm³/mol. The van der Waals surface area contributed by atoms with E-state index in [9.17, 15) is 0 Å². The minimum absolute atomic E-state index is 0.689. The van der Waals surface area contributed by atoms with E-state index in [1.54, 1.807) is 0 Å². The number of pyridine rings is 1. The van der Waals surface area contributed by atoms with Crippen LogP contribution in [-0.4, -0.2) is 9.25 Å². The van der Waals surface area contributed by atoms with E-state index in [4.69, 9.17) is 4.74 Å². The molecule has 11 rings (SSSR count). The average molecular weight is 621 g/mol. The van der Waals surface area contributed by atoms with Crippen molar-refractivity contribution in [3.63, 3.8) is 0 Å². The van der Waals surface area contributed by atoms with Gasteiger partial charge in [0.05, 0.1) is 17.5 Å². The minimum atomic E-state index is -0.689. The summed E-state index contributed by atoms with van der Waals surface area (Å²) in [5.41, 5.74) is 15.3. The molecule has 0 saturated heterocycles. The number of benzene rings is 5. The van der Waals surface area contributed by atoms with Crippen LogP contribution in [0.1, 0.15) is 33.6 Å². The summed E-state index contributed by atoms with van der Waals surface area (Å²) < 4.78 is 16.8. The Kier molecular flexibility index (Phi) is 4.74. The van der Waals surface area contributed by atoms with Crippen molar-refractivity contribution in [3.8, 4) is 45.3 Å². The Labute approximate surface area is 278 Å². The monoisotopic (exact) mass is 620 g/mol. The van der Waals surface area contributed by atoms with Gasteiger partial charge in [-0.25, -0.2) is 0 Å². The molecule has 228 valence electrons. The number of hydrogen-bond acceptors (Lipinski definition) is 1. The molecule has 5 heteroatoms. The third kappa shape index (κ3) is 2.83. The molecule has 1 unspecified atom stereocenters. The summed E-state index contributed by atoms with van der Waals surface area (Å²) in [5, 5.41) is 2.49. The third-order valence-corrected chi connectivity index (χ3v) is 11.2. The Bertz CT molecular complexity index is 2730. The van der Waals surface area contributed by atoms with Gasteiger partial charge in [0.1, 0.15) is 28.3 Å². The minimum Gasteiger partial charge on any atom is -0.456 e. The maximum Gasteiger partial charge on any atom is 0.397 e. The largest absolute Gasteiger partial charge is 0.456 e. The lowest BCUT2D eigenvalue weighted by molar-refractivity contribution is -0.995. The highest BCUT2D eigenvalue weighted by atomic mass is 16.5. The smallest absolute Gasteiger partial charge is 0.397 e. The number of para-hydroxylation sites is 1. The summed E-state index contributed by atoms with van der Waals surface area (Å²) in [4.78, 5) is 0. The zero-order chi connectivity index (χ0) is 32.1. The number of ether oxygens (including phenoxy) is 1. The standard InChI is InChI=1S/C43H32N4O/c1-25-11-9-12-26(2)38(25)29-18-20-30(21-19-29)39-27(3)46-34-15-10-16-35-40(34)43(47(46)28(39)4)41-36(48-35)23-22-32-31-13-5-6-14-33(31)45(42(32)41)37-17-7-8-24-44(37)43/h5-24H,1-4H3/q+2. The second kappa shape index (κ2) is 8.69. The number of aromatic nitrogens is 4. The number of nitrogens with zero attached hydrogens (tertiary/aromatic N) is 4. The maximum absolute atomic E-state index is 6.86. The van der Waals surface area contributed by atoms with Crippen LogP contribution in [0, 0.1) is 27.7 Å². The molecule has 8 aromatic rings. The predicted octanol–water partition coefficient (Wildman–Crippen LogP) is 8.75. The van der Waals surface area contributed by atoms with Crippen molar-refractivity contribution in [1.29, 1.82) is 0 Å². The van der Waals surface area contributed by atoms with Gasteiger partial charge in [0.25, 0.3) is 5.82 Å². The van der Waals surface area contributed by atoms with Crippen molar-refractivity contribution in [2.24, 2.45) is 0 Å². The normalized spacial score (nSPS) is 16.2. The Morgan fingerprint density at radius 2 is 1.31 bits per heavy atom. The van der Waals surface area contributed by atoms with Crippen LogP contribution in [0.4, 0.5) is 0 Å². The molecular formula is C43H32N4O+2. The van der Waals surface area contributed by atoms with Gasteiger partial charge in [0, 0.05) is 23.8 Å². The first kappa shape index (κ1) is 26.2. The second-order valence-corrected chi connectivity index (χ2v) is 13.6. The summed E-state index contributed by atoms with van der Waals surface area (Å²) in [6.07, 6.45) is 2.25. The van der Waals surface area contributed by atoms with Gasteiger partial charge in [-0.1, -0.05) is 71.4 Å². The first-order valence-electron chi connectivity index (χ1n) is 16.7. The van der Waals surface area contributed by atoms with Gasteiger partial charge in [0.15, 0.2) is 11.1 Å². The van der Waals surface area contributed by atoms with E-state index >= 15 is 0 Å². The highest BCUT2D eigenvalue weighted by Gasteiger charge is 2.69. The van der Waals surface area contributed by atoms with Crippen LogP contribution in [0.15, 0.2) is 121 Å². The van der Waals surface area contributed by atoms with Crippen LogP contribution in [0.25, 0.3) is 55.6 Å². The van der Waals surface area contributed by atoms with E-state index in [-0.39, 0.29) is 0 Å². The van der Waals surface area contributed by atoms with Crippen LogP contribution in [-0.2, 0) is 5.66 Å². The molecule has 1 atom stereocenters. The van der Waals surface area contributed by atoms with Gasteiger partial charge in [-0.3, -0.25) is 0 Å². The van der Waals surface area contributed by atoms with E-state index in [0.717, 1.165) is 23.0 Å². The van der Waals surface area contributed by atoms with E-state index in [1.807, 2.05) is 0 Å². The molecule has 0 N–H and O–H groups in total. The molecule has 3 aromatic heterocycles. The van der Waals surface area contributed by atoms with Gasteiger partial charge in [0.2, 0.25) is 5.69 Å². The molecule has 5 aromatic carbocycles. The van der Waals surface area contributed by atoms with Gasteiger partial charge >= 0.3 is 5.66 Å². The third-order valence-electron chi connectivity index (χ3n) is 11.2. The van der Waals surface area contributed by atoms with Crippen molar-refractivity contribution in [1.82, 2.24) is 9.25 Å². The van der Waals surface area contributed by atoms with Crippen molar-refractivity contribution >= 4 is 21.8 Å². The fraction of sp³-hybridized carbons (Fsp3) is 0.116. The quantitative estimate of drug-likeness (QED) is 0.178. The zero-order valence-electron chi connectivity index (χ0n) is 27.2. The first-order valence-corrected chi connectivity index (χ1v) is 16.7. The van der Waals surface area contributed by atoms with Crippen LogP contribution in [0.3, 0.4) is 0 Å². The molecule has 3 aliphatic rings. The van der Waals surface area contributed by atoms with Crippen LogP contribution < -0.4 is 14.0 Å².